The smallest absolute Gasteiger partial charge is 0.325 e. The molecule has 0 unspecified atom stereocenters. The highest BCUT2D eigenvalue weighted by molar-refractivity contribution is 6.17. The van der Waals surface area contributed by atoms with Crippen LogP contribution in [0.25, 0.3) is 6.08 Å². The number of anilines is 1. The van der Waals surface area contributed by atoms with E-state index < -0.39 is 0 Å². The molecule has 6 nitrogen and oxygen atoms in total. The molecule has 0 atom stereocenters. The monoisotopic (exact) mass is 308 g/mol. The largest absolute Gasteiger partial charge is 0.497 e. The normalized spacial score (nSPS) is 17.0. The molecule has 6 heteroatoms. The Morgan fingerprint density at radius 1 is 1.04 bits per heavy atom. The summed E-state index contributed by atoms with van der Waals surface area (Å²) in [6.45, 7) is 0. The van der Waals surface area contributed by atoms with Crippen molar-refractivity contribution < 1.29 is 9.53 Å². The maximum absolute atomic E-state index is 11.6. The number of methoxy groups -OCH3 is 1. The Kier molecular flexibility index (Phi) is 4.24. The van der Waals surface area contributed by atoms with Crippen LogP contribution in [-0.4, -0.2) is 19.0 Å². The molecule has 2 aromatic rings. The van der Waals surface area contributed by atoms with Crippen LogP contribution in [0.2, 0.25) is 0 Å². The van der Waals surface area contributed by atoms with Gasteiger partial charge in [0.2, 0.25) is 0 Å². The zero-order valence-corrected chi connectivity index (χ0v) is 12.5. The lowest BCUT2D eigenvalue weighted by Gasteiger charge is -2.03. The Hall–Kier alpha value is -3.28. The molecule has 1 heterocycles. The molecule has 116 valence electrons. The highest BCUT2D eigenvalue weighted by Crippen LogP contribution is 2.15. The molecule has 1 aliphatic rings. The quantitative estimate of drug-likeness (QED) is 0.760. The molecule has 23 heavy (non-hydrogen) atoms. The zero-order chi connectivity index (χ0) is 16.1. The van der Waals surface area contributed by atoms with Gasteiger partial charge < -0.3 is 10.1 Å². The van der Waals surface area contributed by atoms with Crippen LogP contribution in [0.15, 0.2) is 65.4 Å². The molecular formula is C17H16N4O2. The first-order chi connectivity index (χ1) is 11.2. The van der Waals surface area contributed by atoms with Gasteiger partial charge in [-0.25, -0.2) is 4.79 Å². The summed E-state index contributed by atoms with van der Waals surface area (Å²) in [4.78, 5) is 11.6. The lowest BCUT2D eigenvalue weighted by atomic mass is 10.2. The third-order valence-corrected chi connectivity index (χ3v) is 3.23. The van der Waals surface area contributed by atoms with Gasteiger partial charge in [0.25, 0.3) is 0 Å². The average Bonchev–Trinajstić information content (AvgIpc) is 2.94. The topological polar surface area (TPSA) is 74.8 Å². The number of amidine groups is 1. The SMILES string of the molecule is COc1ccc(C=C2NC(=O)NC2=NNc2ccccc2)cc1. The summed E-state index contributed by atoms with van der Waals surface area (Å²) in [5, 5.41) is 9.62. The van der Waals surface area contributed by atoms with Crippen LogP contribution in [0, 0.1) is 0 Å². The number of para-hydroxylation sites is 1. The van der Waals surface area contributed by atoms with E-state index in [2.05, 4.69) is 21.2 Å². The van der Waals surface area contributed by atoms with E-state index in [4.69, 9.17) is 4.74 Å². The number of nitrogens with one attached hydrogen (secondary N) is 3. The Morgan fingerprint density at radius 2 is 1.78 bits per heavy atom. The fourth-order valence-corrected chi connectivity index (χ4v) is 2.08. The van der Waals surface area contributed by atoms with Gasteiger partial charge in [0.15, 0.2) is 5.84 Å². The van der Waals surface area contributed by atoms with Crippen molar-refractivity contribution in [2.45, 2.75) is 0 Å². The number of hydrazone groups is 1. The molecule has 1 saturated heterocycles. The van der Waals surface area contributed by atoms with E-state index in [0.29, 0.717) is 11.5 Å². The Morgan fingerprint density at radius 3 is 2.48 bits per heavy atom. The Bertz CT molecular complexity index is 752. The summed E-state index contributed by atoms with van der Waals surface area (Å²) < 4.78 is 5.13. The van der Waals surface area contributed by atoms with Crippen LogP contribution >= 0.6 is 0 Å². The molecule has 0 saturated carbocycles. The number of ether oxygens (including phenoxy) is 1. The second kappa shape index (κ2) is 6.65. The van der Waals surface area contributed by atoms with Gasteiger partial charge in [-0.1, -0.05) is 30.3 Å². The van der Waals surface area contributed by atoms with E-state index in [0.717, 1.165) is 17.0 Å². The summed E-state index contributed by atoms with van der Waals surface area (Å²) in [6, 6.07) is 16.7. The predicted octanol–water partition coefficient (Wildman–Crippen LogP) is 2.77. The summed E-state index contributed by atoms with van der Waals surface area (Å²) in [5.74, 6) is 1.22. The minimum atomic E-state index is -0.307. The van der Waals surface area contributed by atoms with Crippen molar-refractivity contribution in [2.75, 3.05) is 12.5 Å². The van der Waals surface area contributed by atoms with Crippen LogP contribution in [0.5, 0.6) is 5.75 Å². The number of hydrogen-bond donors (Lipinski definition) is 3. The second-order valence-electron chi connectivity index (χ2n) is 4.85. The third kappa shape index (κ3) is 3.68. The number of carbonyl (C=O) groups is 1. The van der Waals surface area contributed by atoms with Crippen molar-refractivity contribution in [3.8, 4) is 5.75 Å². The van der Waals surface area contributed by atoms with Crippen molar-refractivity contribution in [1.82, 2.24) is 10.6 Å². The third-order valence-electron chi connectivity index (χ3n) is 3.23. The molecule has 3 rings (SSSR count). The van der Waals surface area contributed by atoms with Gasteiger partial charge in [-0.15, -0.1) is 0 Å². The van der Waals surface area contributed by atoms with Crippen LogP contribution in [0.1, 0.15) is 5.56 Å². The molecule has 3 N–H and O–H groups in total. The summed E-state index contributed by atoms with van der Waals surface area (Å²) in [7, 11) is 1.62. The van der Waals surface area contributed by atoms with Crippen LogP contribution in [-0.2, 0) is 0 Å². The van der Waals surface area contributed by atoms with E-state index >= 15 is 0 Å². The van der Waals surface area contributed by atoms with Gasteiger partial charge in [-0.05, 0) is 35.9 Å². The van der Waals surface area contributed by atoms with Crippen molar-refractivity contribution in [1.29, 1.82) is 0 Å². The first-order valence-corrected chi connectivity index (χ1v) is 7.07. The van der Waals surface area contributed by atoms with Crippen LogP contribution < -0.4 is 20.8 Å². The second-order valence-corrected chi connectivity index (χ2v) is 4.85. The van der Waals surface area contributed by atoms with Gasteiger partial charge in [0.05, 0.1) is 18.5 Å². The van der Waals surface area contributed by atoms with Crippen molar-refractivity contribution in [3.63, 3.8) is 0 Å². The fraction of sp³-hybridized carbons (Fsp3) is 0.0588. The van der Waals surface area contributed by atoms with Gasteiger partial charge in [-0.3, -0.25) is 10.7 Å². The van der Waals surface area contributed by atoms with Gasteiger partial charge in [0.1, 0.15) is 5.75 Å². The molecule has 0 spiro atoms. The number of nitrogens with zero attached hydrogens (tertiary/aromatic N) is 1. The van der Waals surface area contributed by atoms with E-state index in [1.807, 2.05) is 60.7 Å². The number of rotatable bonds is 4. The predicted molar refractivity (Wildman–Crippen MR) is 90.1 cm³/mol. The highest BCUT2D eigenvalue weighted by Gasteiger charge is 2.21. The minimum absolute atomic E-state index is 0.307. The molecule has 1 fully saturated rings. The maximum atomic E-state index is 11.6. The average molecular weight is 308 g/mol. The first-order valence-electron chi connectivity index (χ1n) is 7.07. The lowest BCUT2D eigenvalue weighted by molar-refractivity contribution is 0.250. The molecule has 0 aromatic heterocycles. The molecule has 0 aliphatic carbocycles. The van der Waals surface area contributed by atoms with Crippen molar-refractivity contribution in [2.24, 2.45) is 5.10 Å². The Balaban J connectivity index is 1.81. The first kappa shape index (κ1) is 14.6. The molecular weight excluding hydrogens is 292 g/mol. The van der Waals surface area contributed by atoms with Gasteiger partial charge >= 0.3 is 6.03 Å². The minimum Gasteiger partial charge on any atom is -0.497 e. The fourth-order valence-electron chi connectivity index (χ4n) is 2.08. The maximum Gasteiger partial charge on any atom is 0.325 e. The number of amides is 2. The van der Waals surface area contributed by atoms with Crippen LogP contribution in [0.3, 0.4) is 0 Å². The van der Waals surface area contributed by atoms with Crippen molar-refractivity contribution in [3.05, 3.63) is 65.9 Å². The van der Waals surface area contributed by atoms with Gasteiger partial charge in [0, 0.05) is 0 Å². The molecule has 2 amide bonds. The number of benzene rings is 2. The number of urea groups is 1. The van der Waals surface area contributed by atoms with E-state index in [1.54, 1.807) is 7.11 Å². The van der Waals surface area contributed by atoms with Gasteiger partial charge in [-0.2, -0.15) is 5.10 Å². The molecule has 1 aliphatic heterocycles. The van der Waals surface area contributed by atoms with Crippen LogP contribution in [0.4, 0.5) is 10.5 Å². The van der Waals surface area contributed by atoms with E-state index in [-0.39, 0.29) is 6.03 Å². The summed E-state index contributed by atoms with van der Waals surface area (Å²) >= 11 is 0. The molecule has 0 radical (unpaired) electrons. The molecule has 0 bridgehead atoms. The standard InChI is InChI=1S/C17H16N4O2/c1-23-14-9-7-12(8-10-14)11-15-16(19-17(22)18-15)21-20-13-5-3-2-4-6-13/h2-11,20H,1H3,(H2,18,19,21,22). The van der Waals surface area contributed by atoms with E-state index in [9.17, 15) is 4.79 Å². The Labute approximate surface area is 133 Å². The summed E-state index contributed by atoms with van der Waals surface area (Å²) in [5.41, 5.74) is 5.28. The zero-order valence-electron chi connectivity index (χ0n) is 12.5. The highest BCUT2D eigenvalue weighted by atomic mass is 16.5. The van der Waals surface area contributed by atoms with E-state index in [1.165, 1.54) is 0 Å². The molecule has 2 aromatic carbocycles. The summed E-state index contributed by atoms with van der Waals surface area (Å²) in [6.07, 6.45) is 1.84. The number of hydrogen-bond acceptors (Lipinski definition) is 4. The van der Waals surface area contributed by atoms with Crippen molar-refractivity contribution >= 4 is 23.6 Å². The lowest BCUT2D eigenvalue weighted by Crippen LogP contribution is -2.23. The number of carbonyl (C=O) groups excluding carboxylic acids is 1.